The van der Waals surface area contributed by atoms with E-state index in [0.29, 0.717) is 15.8 Å². The normalized spacial score (nSPS) is 11.4. The molecule has 2 N–H and O–H groups in total. The summed E-state index contributed by atoms with van der Waals surface area (Å²) in [6.45, 7) is 0.107. The van der Waals surface area contributed by atoms with Gasteiger partial charge in [0.25, 0.3) is 0 Å². The third-order valence-corrected chi connectivity index (χ3v) is 4.15. The molecule has 0 unspecified atom stereocenters. The van der Waals surface area contributed by atoms with Crippen LogP contribution in [0.5, 0.6) is 5.75 Å². The zero-order valence-electron chi connectivity index (χ0n) is 13.6. The van der Waals surface area contributed by atoms with Gasteiger partial charge in [0.1, 0.15) is 12.4 Å². The minimum absolute atomic E-state index is 0.107. The smallest absolute Gasteiger partial charge is 0.407 e. The van der Waals surface area contributed by atoms with Gasteiger partial charge in [0, 0.05) is 4.47 Å². The first-order valence-corrected chi connectivity index (χ1v) is 8.31. The number of hydrogen-bond acceptors (Lipinski definition) is 4. The van der Waals surface area contributed by atoms with Crippen molar-refractivity contribution in [1.29, 1.82) is 0 Å². The average molecular weight is 408 g/mol. The molecule has 0 aliphatic heterocycles. The van der Waals surface area contributed by atoms with E-state index in [1.165, 1.54) is 7.11 Å². The number of hydrogen-bond donors (Lipinski definition) is 2. The number of aliphatic carboxylic acids is 1. The molecule has 2 rings (SSSR count). The predicted molar refractivity (Wildman–Crippen MR) is 95.5 cm³/mol. The number of ether oxygens (including phenoxy) is 2. The number of amides is 1. The van der Waals surface area contributed by atoms with Gasteiger partial charge in [0.05, 0.1) is 19.6 Å². The lowest BCUT2D eigenvalue weighted by atomic mass is 10.0. The fourth-order valence-electron chi connectivity index (χ4n) is 2.24. The van der Waals surface area contributed by atoms with Gasteiger partial charge >= 0.3 is 12.1 Å². The second-order valence-electron chi connectivity index (χ2n) is 5.24. The van der Waals surface area contributed by atoms with Gasteiger partial charge in [0.15, 0.2) is 0 Å². The number of carboxylic acids is 1. The lowest BCUT2D eigenvalue weighted by molar-refractivity contribution is -0.137. The molecule has 2 aromatic carbocycles. The maximum atomic E-state index is 12.0. The summed E-state index contributed by atoms with van der Waals surface area (Å²) in [5.41, 5.74) is 1.47. The van der Waals surface area contributed by atoms with Crippen LogP contribution in [0.15, 0.2) is 53.0 Å². The van der Waals surface area contributed by atoms with Crippen molar-refractivity contribution in [2.75, 3.05) is 7.11 Å². The highest BCUT2D eigenvalue weighted by Crippen LogP contribution is 2.29. The van der Waals surface area contributed by atoms with Gasteiger partial charge in [-0.3, -0.25) is 4.79 Å². The molecule has 132 valence electrons. The SMILES string of the molecule is COc1ccc([C@@H](CC(=O)O)NC(=O)OCc2ccccc2)c(Br)c1. The lowest BCUT2D eigenvalue weighted by Crippen LogP contribution is -2.31. The summed E-state index contributed by atoms with van der Waals surface area (Å²) < 4.78 is 10.9. The van der Waals surface area contributed by atoms with Crippen molar-refractivity contribution in [2.24, 2.45) is 0 Å². The van der Waals surface area contributed by atoms with Crippen LogP contribution in [0.2, 0.25) is 0 Å². The van der Waals surface area contributed by atoms with E-state index in [1.807, 2.05) is 30.3 Å². The van der Waals surface area contributed by atoms with E-state index in [9.17, 15) is 9.59 Å². The van der Waals surface area contributed by atoms with Crippen LogP contribution in [-0.4, -0.2) is 24.3 Å². The van der Waals surface area contributed by atoms with Gasteiger partial charge in [0.2, 0.25) is 0 Å². The fourth-order valence-corrected chi connectivity index (χ4v) is 2.87. The minimum atomic E-state index is -1.03. The van der Waals surface area contributed by atoms with Crippen molar-refractivity contribution < 1.29 is 24.2 Å². The Balaban J connectivity index is 2.06. The number of carbonyl (C=O) groups excluding carboxylic acids is 1. The molecule has 0 aliphatic carbocycles. The number of rotatable bonds is 7. The van der Waals surface area contributed by atoms with Crippen molar-refractivity contribution in [2.45, 2.75) is 19.1 Å². The maximum absolute atomic E-state index is 12.0. The Morgan fingerprint density at radius 3 is 2.52 bits per heavy atom. The van der Waals surface area contributed by atoms with Gasteiger partial charge in [-0.25, -0.2) is 4.79 Å². The standard InChI is InChI=1S/C18H18BrNO5/c1-24-13-7-8-14(15(19)9-13)16(10-17(21)22)20-18(23)25-11-12-5-3-2-4-6-12/h2-9,16H,10-11H2,1H3,(H,20,23)(H,21,22)/t16-/m1/s1. The van der Waals surface area contributed by atoms with Crippen molar-refractivity contribution >= 4 is 28.0 Å². The number of methoxy groups -OCH3 is 1. The average Bonchev–Trinajstić information content (AvgIpc) is 2.59. The molecule has 0 bridgehead atoms. The fraction of sp³-hybridized carbons (Fsp3) is 0.222. The van der Waals surface area contributed by atoms with Crippen molar-refractivity contribution in [3.05, 3.63) is 64.1 Å². The number of carbonyl (C=O) groups is 2. The van der Waals surface area contributed by atoms with E-state index < -0.39 is 18.1 Å². The summed E-state index contributed by atoms with van der Waals surface area (Å²) in [4.78, 5) is 23.2. The summed E-state index contributed by atoms with van der Waals surface area (Å²) in [7, 11) is 1.54. The van der Waals surface area contributed by atoms with Crippen LogP contribution in [-0.2, 0) is 16.1 Å². The van der Waals surface area contributed by atoms with Crippen LogP contribution in [0.4, 0.5) is 4.79 Å². The molecule has 1 atom stereocenters. The first kappa shape index (κ1) is 18.8. The van der Waals surface area contributed by atoms with Crippen LogP contribution in [0.1, 0.15) is 23.6 Å². The summed E-state index contributed by atoms with van der Waals surface area (Å²) in [5.74, 6) is -0.410. The third-order valence-electron chi connectivity index (χ3n) is 3.47. The summed E-state index contributed by atoms with van der Waals surface area (Å²) in [6, 6.07) is 13.6. The zero-order valence-corrected chi connectivity index (χ0v) is 15.2. The molecule has 7 heteroatoms. The second kappa shape index (κ2) is 9.08. The van der Waals surface area contributed by atoms with Crippen molar-refractivity contribution in [3.8, 4) is 5.75 Å². The highest BCUT2D eigenvalue weighted by Gasteiger charge is 2.21. The monoisotopic (exact) mass is 407 g/mol. The molecule has 1 amide bonds. The zero-order chi connectivity index (χ0) is 18.2. The minimum Gasteiger partial charge on any atom is -0.497 e. The van der Waals surface area contributed by atoms with Gasteiger partial charge in [-0.15, -0.1) is 0 Å². The Morgan fingerprint density at radius 2 is 1.92 bits per heavy atom. The molecule has 0 aliphatic rings. The first-order valence-electron chi connectivity index (χ1n) is 7.52. The highest BCUT2D eigenvalue weighted by molar-refractivity contribution is 9.10. The van der Waals surface area contributed by atoms with Gasteiger partial charge in [-0.05, 0) is 23.3 Å². The van der Waals surface area contributed by atoms with E-state index in [4.69, 9.17) is 14.6 Å². The molecule has 25 heavy (non-hydrogen) atoms. The Kier molecular flexibility index (Phi) is 6.82. The predicted octanol–water partition coefficient (Wildman–Crippen LogP) is 3.90. The van der Waals surface area contributed by atoms with Crippen LogP contribution in [0.25, 0.3) is 0 Å². The molecule has 0 heterocycles. The molecule has 2 aromatic rings. The van der Waals surface area contributed by atoms with E-state index >= 15 is 0 Å². The maximum Gasteiger partial charge on any atom is 0.407 e. The van der Waals surface area contributed by atoms with Gasteiger partial charge in [-0.1, -0.05) is 52.3 Å². The molecule has 0 fully saturated rings. The van der Waals surface area contributed by atoms with Gasteiger partial charge < -0.3 is 19.9 Å². The van der Waals surface area contributed by atoms with Crippen LogP contribution < -0.4 is 10.1 Å². The number of alkyl carbamates (subject to hydrolysis) is 1. The number of benzene rings is 2. The Labute approximate surface area is 153 Å². The van der Waals surface area contributed by atoms with Crippen LogP contribution >= 0.6 is 15.9 Å². The molecule has 0 saturated carbocycles. The van der Waals surface area contributed by atoms with Crippen molar-refractivity contribution in [3.63, 3.8) is 0 Å². The highest BCUT2D eigenvalue weighted by atomic mass is 79.9. The van der Waals surface area contributed by atoms with E-state index in [0.717, 1.165) is 5.56 Å². The lowest BCUT2D eigenvalue weighted by Gasteiger charge is -2.19. The first-order chi connectivity index (χ1) is 12.0. The number of nitrogens with one attached hydrogen (secondary N) is 1. The number of halogens is 1. The number of carboxylic acid groups (broad SMARTS) is 1. The quantitative estimate of drug-likeness (QED) is 0.726. The molecule has 0 saturated heterocycles. The Bertz CT molecular complexity index is 736. The summed E-state index contributed by atoms with van der Waals surface area (Å²) in [6.07, 6.45) is -0.955. The Hall–Kier alpha value is -2.54. The van der Waals surface area contributed by atoms with Crippen molar-refractivity contribution in [1.82, 2.24) is 5.32 Å². The molecular formula is C18H18BrNO5. The van der Waals surface area contributed by atoms with Crippen LogP contribution in [0.3, 0.4) is 0 Å². The Morgan fingerprint density at radius 1 is 1.20 bits per heavy atom. The second-order valence-corrected chi connectivity index (χ2v) is 6.10. The molecule has 0 spiro atoms. The molecule has 0 aromatic heterocycles. The molecule has 6 nitrogen and oxygen atoms in total. The largest absolute Gasteiger partial charge is 0.497 e. The topological polar surface area (TPSA) is 84.9 Å². The van der Waals surface area contributed by atoms with Crippen LogP contribution in [0, 0.1) is 0 Å². The third kappa shape index (κ3) is 5.79. The van der Waals surface area contributed by atoms with E-state index in [-0.39, 0.29) is 13.0 Å². The van der Waals surface area contributed by atoms with E-state index in [2.05, 4.69) is 21.2 Å². The van der Waals surface area contributed by atoms with E-state index in [1.54, 1.807) is 18.2 Å². The molecule has 0 radical (unpaired) electrons. The van der Waals surface area contributed by atoms with Gasteiger partial charge in [-0.2, -0.15) is 0 Å². The summed E-state index contributed by atoms with van der Waals surface area (Å²) >= 11 is 3.38. The summed E-state index contributed by atoms with van der Waals surface area (Å²) in [5, 5.41) is 11.7. The molecular weight excluding hydrogens is 390 g/mol.